The first-order valence-electron chi connectivity index (χ1n) is 9.18. The van der Waals surface area contributed by atoms with Gasteiger partial charge in [-0.1, -0.05) is 17.2 Å². The fourth-order valence-electron chi connectivity index (χ4n) is 3.34. The Hall–Kier alpha value is -2.25. The molecule has 6 nitrogen and oxygen atoms in total. The molecule has 1 fully saturated rings. The first-order chi connectivity index (χ1) is 12.9. The van der Waals surface area contributed by atoms with Gasteiger partial charge >= 0.3 is 0 Å². The highest BCUT2D eigenvalue weighted by Crippen LogP contribution is 2.12. The number of carbonyl (C=O) groups excluding carboxylic acids is 2. The lowest BCUT2D eigenvalue weighted by atomic mass is 10.1. The Kier molecular flexibility index (Phi) is 6.23. The molecule has 27 heavy (non-hydrogen) atoms. The molecule has 0 radical (unpaired) electrons. The second-order valence-corrected chi connectivity index (χ2v) is 8.14. The van der Waals surface area contributed by atoms with E-state index in [9.17, 15) is 9.59 Å². The van der Waals surface area contributed by atoms with Crippen LogP contribution in [0.4, 0.5) is 0 Å². The number of benzene rings is 1. The third-order valence-electron chi connectivity index (χ3n) is 4.66. The van der Waals surface area contributed by atoms with Crippen LogP contribution in [-0.2, 0) is 11.3 Å². The van der Waals surface area contributed by atoms with Crippen LogP contribution < -0.4 is 5.32 Å². The highest BCUT2D eigenvalue weighted by molar-refractivity contribution is 7.09. The number of rotatable bonds is 5. The number of piperazine rings is 1. The molecule has 1 aromatic carbocycles. The van der Waals surface area contributed by atoms with Crippen molar-refractivity contribution in [2.45, 2.75) is 27.3 Å². The predicted octanol–water partition coefficient (Wildman–Crippen LogP) is 2.14. The van der Waals surface area contributed by atoms with Crippen LogP contribution in [0.1, 0.15) is 32.2 Å². The van der Waals surface area contributed by atoms with Crippen LogP contribution in [0.2, 0.25) is 0 Å². The summed E-state index contributed by atoms with van der Waals surface area (Å²) in [5.74, 6) is -0.232. The van der Waals surface area contributed by atoms with Crippen LogP contribution in [0.3, 0.4) is 0 Å². The monoisotopic (exact) mass is 386 g/mol. The minimum atomic E-state index is -0.201. The van der Waals surface area contributed by atoms with Crippen molar-refractivity contribution in [2.24, 2.45) is 0 Å². The van der Waals surface area contributed by atoms with E-state index in [-0.39, 0.29) is 18.4 Å². The fourth-order valence-corrected chi connectivity index (χ4v) is 3.94. The number of hydrogen-bond acceptors (Lipinski definition) is 5. The Morgan fingerprint density at radius 1 is 1.07 bits per heavy atom. The lowest BCUT2D eigenvalue weighted by molar-refractivity contribution is -0.131. The number of carbonyl (C=O) groups is 2. The predicted molar refractivity (Wildman–Crippen MR) is 107 cm³/mol. The smallest absolute Gasteiger partial charge is 0.251 e. The summed E-state index contributed by atoms with van der Waals surface area (Å²) < 4.78 is 0. The van der Waals surface area contributed by atoms with Crippen molar-refractivity contribution >= 4 is 23.2 Å². The molecule has 144 valence electrons. The van der Waals surface area contributed by atoms with Crippen LogP contribution >= 0.6 is 11.3 Å². The molecule has 2 heterocycles. The van der Waals surface area contributed by atoms with E-state index in [1.165, 1.54) is 0 Å². The summed E-state index contributed by atoms with van der Waals surface area (Å²) in [6, 6.07) is 5.70. The van der Waals surface area contributed by atoms with Crippen LogP contribution in [0.15, 0.2) is 23.6 Å². The quantitative estimate of drug-likeness (QED) is 0.855. The van der Waals surface area contributed by atoms with Gasteiger partial charge in [0.1, 0.15) is 0 Å². The summed E-state index contributed by atoms with van der Waals surface area (Å²) in [6.45, 7) is 9.82. The Balaban J connectivity index is 1.44. The maximum absolute atomic E-state index is 12.4. The Bertz CT molecular complexity index is 805. The summed E-state index contributed by atoms with van der Waals surface area (Å²) in [6.07, 6.45) is 0. The molecule has 0 atom stereocenters. The van der Waals surface area contributed by atoms with Gasteiger partial charge in [-0.15, -0.1) is 11.3 Å². The lowest BCUT2D eigenvalue weighted by Crippen LogP contribution is -2.50. The minimum Gasteiger partial charge on any atom is -0.343 e. The summed E-state index contributed by atoms with van der Waals surface area (Å²) in [5, 5.41) is 5.93. The molecular weight excluding hydrogens is 360 g/mol. The molecule has 1 aliphatic heterocycles. The number of thiazole rings is 1. The normalized spacial score (nSPS) is 15.0. The first kappa shape index (κ1) is 19.5. The van der Waals surface area contributed by atoms with E-state index in [4.69, 9.17) is 0 Å². The molecule has 3 rings (SSSR count). The van der Waals surface area contributed by atoms with Gasteiger partial charge in [-0.05, 0) is 32.9 Å². The summed E-state index contributed by atoms with van der Waals surface area (Å²) in [4.78, 5) is 33.3. The van der Waals surface area contributed by atoms with Gasteiger partial charge in [-0.2, -0.15) is 0 Å². The molecule has 2 amide bonds. The Labute approximate surface area is 164 Å². The standard InChI is InChI=1S/C20H26N4O2S/c1-14-8-15(2)10-17(9-14)20(26)21-11-19(25)24-6-4-23(5-7-24)12-18-13-27-16(3)22-18/h8-10,13H,4-7,11-12H2,1-3H3,(H,21,26). The number of amides is 2. The Morgan fingerprint density at radius 3 is 2.33 bits per heavy atom. The number of aromatic nitrogens is 1. The van der Waals surface area contributed by atoms with E-state index in [1.807, 2.05) is 43.9 Å². The minimum absolute atomic E-state index is 0.0307. The van der Waals surface area contributed by atoms with Crippen LogP contribution in [-0.4, -0.2) is 59.3 Å². The lowest BCUT2D eigenvalue weighted by Gasteiger charge is -2.34. The topological polar surface area (TPSA) is 65.5 Å². The second kappa shape index (κ2) is 8.63. The SMILES string of the molecule is Cc1cc(C)cc(C(=O)NCC(=O)N2CCN(Cc3csc(C)n3)CC2)c1. The second-order valence-electron chi connectivity index (χ2n) is 7.07. The molecule has 2 aromatic rings. The first-order valence-corrected chi connectivity index (χ1v) is 10.1. The van der Waals surface area contributed by atoms with Gasteiger partial charge in [-0.25, -0.2) is 4.98 Å². The summed E-state index contributed by atoms with van der Waals surface area (Å²) >= 11 is 1.67. The van der Waals surface area contributed by atoms with E-state index in [0.717, 1.165) is 41.5 Å². The Morgan fingerprint density at radius 2 is 1.74 bits per heavy atom. The van der Waals surface area contributed by atoms with E-state index < -0.39 is 0 Å². The van der Waals surface area contributed by atoms with Gasteiger partial charge in [0.2, 0.25) is 5.91 Å². The maximum atomic E-state index is 12.4. The van der Waals surface area contributed by atoms with Crippen molar-refractivity contribution in [1.82, 2.24) is 20.1 Å². The summed E-state index contributed by atoms with van der Waals surface area (Å²) in [5.41, 5.74) is 3.78. The molecule has 1 N–H and O–H groups in total. The van der Waals surface area contributed by atoms with Gasteiger partial charge in [0.15, 0.2) is 0 Å². The van der Waals surface area contributed by atoms with Gasteiger partial charge in [-0.3, -0.25) is 14.5 Å². The van der Waals surface area contributed by atoms with E-state index in [0.29, 0.717) is 18.7 Å². The molecule has 1 aliphatic rings. The maximum Gasteiger partial charge on any atom is 0.251 e. The van der Waals surface area contributed by atoms with Crippen LogP contribution in [0.25, 0.3) is 0 Å². The number of nitrogens with zero attached hydrogens (tertiary/aromatic N) is 3. The zero-order valence-corrected chi connectivity index (χ0v) is 16.9. The molecule has 0 aliphatic carbocycles. The molecule has 7 heteroatoms. The zero-order valence-electron chi connectivity index (χ0n) is 16.1. The molecular formula is C20H26N4O2S. The fraction of sp³-hybridized carbons (Fsp3) is 0.450. The van der Waals surface area contributed by atoms with Gasteiger partial charge in [0, 0.05) is 43.7 Å². The molecule has 0 bridgehead atoms. The van der Waals surface area contributed by atoms with E-state index in [1.54, 1.807) is 11.3 Å². The number of hydrogen-bond donors (Lipinski definition) is 1. The highest BCUT2D eigenvalue weighted by Gasteiger charge is 2.22. The van der Waals surface area contributed by atoms with Crippen LogP contribution in [0, 0.1) is 20.8 Å². The largest absolute Gasteiger partial charge is 0.343 e. The highest BCUT2D eigenvalue weighted by atomic mass is 32.1. The number of nitrogens with one attached hydrogen (secondary N) is 1. The third-order valence-corrected chi connectivity index (χ3v) is 5.48. The van der Waals surface area contributed by atoms with Crippen molar-refractivity contribution < 1.29 is 9.59 Å². The average molecular weight is 387 g/mol. The summed E-state index contributed by atoms with van der Waals surface area (Å²) in [7, 11) is 0. The van der Waals surface area contributed by atoms with Gasteiger partial charge in [0.25, 0.3) is 5.91 Å². The van der Waals surface area contributed by atoms with Crippen molar-refractivity contribution in [3.8, 4) is 0 Å². The average Bonchev–Trinajstić information content (AvgIpc) is 3.04. The van der Waals surface area contributed by atoms with Crippen LogP contribution in [0.5, 0.6) is 0 Å². The van der Waals surface area contributed by atoms with Crippen molar-refractivity contribution in [2.75, 3.05) is 32.7 Å². The van der Waals surface area contributed by atoms with E-state index >= 15 is 0 Å². The molecule has 0 unspecified atom stereocenters. The van der Waals surface area contributed by atoms with Gasteiger partial charge in [0.05, 0.1) is 17.2 Å². The van der Waals surface area contributed by atoms with Crippen molar-refractivity contribution in [1.29, 1.82) is 0 Å². The molecule has 1 aromatic heterocycles. The van der Waals surface area contributed by atoms with Crippen molar-refractivity contribution in [3.05, 3.63) is 51.0 Å². The number of aryl methyl sites for hydroxylation is 3. The van der Waals surface area contributed by atoms with Gasteiger partial charge < -0.3 is 10.2 Å². The van der Waals surface area contributed by atoms with Crippen molar-refractivity contribution in [3.63, 3.8) is 0 Å². The molecule has 1 saturated heterocycles. The molecule has 0 saturated carbocycles. The van der Waals surface area contributed by atoms with E-state index in [2.05, 4.69) is 20.6 Å². The zero-order chi connectivity index (χ0) is 19.4. The molecule has 0 spiro atoms. The third kappa shape index (κ3) is 5.37.